The van der Waals surface area contributed by atoms with Gasteiger partial charge in [-0.2, -0.15) is 0 Å². The Morgan fingerprint density at radius 1 is 1.17 bits per heavy atom. The fourth-order valence-corrected chi connectivity index (χ4v) is 1.91. The fraction of sp³-hybridized carbons (Fsp3) is 0.143. The predicted molar refractivity (Wildman–Crippen MR) is 71.6 cm³/mol. The van der Waals surface area contributed by atoms with Crippen LogP contribution in [-0.4, -0.2) is 12.2 Å². The second-order valence-electron chi connectivity index (χ2n) is 4.12. The van der Waals surface area contributed by atoms with Gasteiger partial charge in [0.1, 0.15) is 11.6 Å². The smallest absolute Gasteiger partial charge is 0.134 e. The molecule has 1 N–H and O–H groups in total. The molecular formula is C14H13ClFNO. The van der Waals surface area contributed by atoms with E-state index in [-0.39, 0.29) is 11.6 Å². The van der Waals surface area contributed by atoms with Crippen LogP contribution in [-0.2, 0) is 6.54 Å². The quantitative estimate of drug-likeness (QED) is 0.912. The van der Waals surface area contributed by atoms with Gasteiger partial charge in [-0.25, -0.2) is 4.39 Å². The third kappa shape index (κ3) is 2.93. The molecule has 2 aromatic rings. The molecule has 0 unspecified atom stereocenters. The highest BCUT2D eigenvalue weighted by Gasteiger charge is 2.05. The van der Waals surface area contributed by atoms with Gasteiger partial charge >= 0.3 is 0 Å². The molecule has 0 aliphatic carbocycles. The molecular weight excluding hydrogens is 253 g/mol. The molecule has 0 heterocycles. The van der Waals surface area contributed by atoms with Gasteiger partial charge in [-0.1, -0.05) is 17.7 Å². The van der Waals surface area contributed by atoms with E-state index < -0.39 is 0 Å². The lowest BCUT2D eigenvalue weighted by molar-refractivity contribution is 0.475. The van der Waals surface area contributed by atoms with E-state index in [2.05, 4.69) is 0 Å². The van der Waals surface area contributed by atoms with Crippen molar-refractivity contribution in [1.29, 1.82) is 0 Å². The van der Waals surface area contributed by atoms with E-state index in [9.17, 15) is 9.50 Å². The number of nitrogens with zero attached hydrogens (tertiary/aromatic N) is 1. The molecule has 0 spiro atoms. The Hall–Kier alpha value is -1.74. The summed E-state index contributed by atoms with van der Waals surface area (Å²) < 4.78 is 12.8. The Balaban J connectivity index is 2.13. The van der Waals surface area contributed by atoms with Crippen LogP contribution in [0.4, 0.5) is 10.1 Å². The average molecular weight is 266 g/mol. The summed E-state index contributed by atoms with van der Waals surface area (Å²) in [7, 11) is 1.91. The number of anilines is 1. The average Bonchev–Trinajstić information content (AvgIpc) is 2.34. The maximum atomic E-state index is 12.8. The highest BCUT2D eigenvalue weighted by atomic mass is 35.5. The summed E-state index contributed by atoms with van der Waals surface area (Å²) in [6.45, 7) is 0.631. The van der Waals surface area contributed by atoms with Crippen molar-refractivity contribution in [1.82, 2.24) is 0 Å². The second kappa shape index (κ2) is 5.27. The highest BCUT2D eigenvalue weighted by molar-refractivity contribution is 6.32. The third-order valence-electron chi connectivity index (χ3n) is 2.70. The van der Waals surface area contributed by atoms with E-state index in [0.717, 1.165) is 11.3 Å². The number of hydrogen-bond acceptors (Lipinski definition) is 2. The van der Waals surface area contributed by atoms with Crippen molar-refractivity contribution in [2.24, 2.45) is 0 Å². The number of aromatic hydroxyl groups is 1. The summed E-state index contributed by atoms with van der Waals surface area (Å²) in [5.41, 5.74) is 1.89. The van der Waals surface area contributed by atoms with Crippen LogP contribution in [0, 0.1) is 5.82 Å². The van der Waals surface area contributed by atoms with Gasteiger partial charge in [0.05, 0.1) is 5.02 Å². The molecule has 0 aliphatic heterocycles. The van der Waals surface area contributed by atoms with Crippen LogP contribution in [0.1, 0.15) is 5.56 Å². The minimum Gasteiger partial charge on any atom is -0.506 e. The largest absolute Gasteiger partial charge is 0.506 e. The molecule has 94 valence electrons. The van der Waals surface area contributed by atoms with Crippen molar-refractivity contribution >= 4 is 17.3 Å². The molecule has 2 aromatic carbocycles. The second-order valence-corrected chi connectivity index (χ2v) is 4.53. The molecule has 4 heteroatoms. The molecule has 0 atom stereocenters. The molecule has 0 aromatic heterocycles. The van der Waals surface area contributed by atoms with Gasteiger partial charge < -0.3 is 10.0 Å². The fourth-order valence-electron chi connectivity index (χ4n) is 1.71. The van der Waals surface area contributed by atoms with Crippen LogP contribution in [0.15, 0.2) is 42.5 Å². The molecule has 2 nitrogen and oxygen atoms in total. The zero-order valence-electron chi connectivity index (χ0n) is 9.90. The first-order chi connectivity index (χ1) is 8.56. The molecule has 0 bridgehead atoms. The minimum absolute atomic E-state index is 0.0739. The van der Waals surface area contributed by atoms with Crippen molar-refractivity contribution in [3.05, 3.63) is 58.9 Å². The molecule has 0 saturated heterocycles. The first kappa shape index (κ1) is 12.7. The molecule has 0 radical (unpaired) electrons. The van der Waals surface area contributed by atoms with Crippen molar-refractivity contribution in [3.8, 4) is 5.75 Å². The minimum atomic E-state index is -0.250. The van der Waals surface area contributed by atoms with Gasteiger partial charge in [0, 0.05) is 19.3 Å². The number of hydrogen-bond donors (Lipinski definition) is 1. The lowest BCUT2D eigenvalue weighted by Crippen LogP contribution is -2.16. The van der Waals surface area contributed by atoms with Crippen LogP contribution < -0.4 is 4.90 Å². The molecule has 0 saturated carbocycles. The summed E-state index contributed by atoms with van der Waals surface area (Å²) >= 11 is 5.85. The Kier molecular flexibility index (Phi) is 3.72. The van der Waals surface area contributed by atoms with Crippen molar-refractivity contribution in [2.75, 3.05) is 11.9 Å². The first-order valence-electron chi connectivity index (χ1n) is 5.50. The van der Waals surface area contributed by atoms with Crippen LogP contribution in [0.3, 0.4) is 0 Å². The van der Waals surface area contributed by atoms with Crippen LogP contribution >= 0.6 is 11.6 Å². The lowest BCUT2D eigenvalue weighted by Gasteiger charge is -2.19. The number of phenols is 1. The molecule has 0 fully saturated rings. The standard InChI is InChI=1S/C14H13ClFNO/c1-17(12-5-3-11(16)4-6-12)9-10-2-7-14(18)13(15)8-10/h2-8,18H,9H2,1H3. The normalized spacial score (nSPS) is 10.4. The highest BCUT2D eigenvalue weighted by Crippen LogP contribution is 2.25. The number of halogens is 2. The predicted octanol–water partition coefficient (Wildman–Crippen LogP) is 3.82. The maximum absolute atomic E-state index is 12.8. The van der Waals surface area contributed by atoms with E-state index in [1.807, 2.05) is 11.9 Å². The van der Waals surface area contributed by atoms with E-state index in [1.54, 1.807) is 30.3 Å². The number of benzene rings is 2. The summed E-state index contributed by atoms with van der Waals surface area (Å²) in [5, 5.41) is 9.67. The molecule has 18 heavy (non-hydrogen) atoms. The Bertz CT molecular complexity index is 542. The molecule has 2 rings (SSSR count). The van der Waals surface area contributed by atoms with Gasteiger partial charge in [0.15, 0.2) is 0 Å². The third-order valence-corrected chi connectivity index (χ3v) is 3.00. The van der Waals surface area contributed by atoms with Crippen molar-refractivity contribution in [3.63, 3.8) is 0 Å². The Labute approximate surface area is 110 Å². The summed E-state index contributed by atoms with van der Waals surface area (Å²) in [5.74, 6) is -0.176. The topological polar surface area (TPSA) is 23.5 Å². The van der Waals surface area contributed by atoms with E-state index >= 15 is 0 Å². The van der Waals surface area contributed by atoms with E-state index in [1.165, 1.54) is 12.1 Å². The van der Waals surface area contributed by atoms with E-state index in [0.29, 0.717) is 11.6 Å². The van der Waals surface area contributed by atoms with Gasteiger partial charge in [-0.3, -0.25) is 0 Å². The Morgan fingerprint density at radius 3 is 2.44 bits per heavy atom. The molecule has 0 aliphatic rings. The van der Waals surface area contributed by atoms with Gasteiger partial charge in [0.2, 0.25) is 0 Å². The number of rotatable bonds is 3. The van der Waals surface area contributed by atoms with Gasteiger partial charge in [0.25, 0.3) is 0 Å². The molecule has 0 amide bonds. The lowest BCUT2D eigenvalue weighted by atomic mass is 10.2. The van der Waals surface area contributed by atoms with Crippen LogP contribution in [0.25, 0.3) is 0 Å². The Morgan fingerprint density at radius 2 is 1.83 bits per heavy atom. The monoisotopic (exact) mass is 265 g/mol. The SMILES string of the molecule is CN(Cc1ccc(O)c(Cl)c1)c1ccc(F)cc1. The summed E-state index contributed by atoms with van der Waals surface area (Å²) in [4.78, 5) is 1.97. The van der Waals surface area contributed by atoms with Crippen LogP contribution in [0.5, 0.6) is 5.75 Å². The summed E-state index contributed by atoms with van der Waals surface area (Å²) in [6, 6.07) is 11.4. The van der Waals surface area contributed by atoms with Crippen LogP contribution in [0.2, 0.25) is 5.02 Å². The first-order valence-corrected chi connectivity index (χ1v) is 5.88. The summed E-state index contributed by atoms with van der Waals surface area (Å²) in [6.07, 6.45) is 0. The van der Waals surface area contributed by atoms with E-state index in [4.69, 9.17) is 11.6 Å². The van der Waals surface area contributed by atoms with Gasteiger partial charge in [-0.15, -0.1) is 0 Å². The maximum Gasteiger partial charge on any atom is 0.134 e. The van der Waals surface area contributed by atoms with Crippen molar-refractivity contribution < 1.29 is 9.50 Å². The van der Waals surface area contributed by atoms with Crippen molar-refractivity contribution in [2.45, 2.75) is 6.54 Å². The zero-order chi connectivity index (χ0) is 13.1. The zero-order valence-corrected chi connectivity index (χ0v) is 10.7. The number of phenolic OH excluding ortho intramolecular Hbond substituents is 1. The van der Waals surface area contributed by atoms with Gasteiger partial charge in [-0.05, 0) is 42.0 Å².